The van der Waals surface area contributed by atoms with Crippen molar-refractivity contribution >= 4 is 40.9 Å². The van der Waals surface area contributed by atoms with Crippen LogP contribution in [0.1, 0.15) is 54.4 Å². The molecule has 2 fully saturated rings. The minimum Gasteiger partial charge on any atom is -0.323 e. The Labute approximate surface area is 191 Å². The Kier molecular flexibility index (Phi) is 5.64. The first-order valence-electron chi connectivity index (χ1n) is 10.5. The summed E-state index contributed by atoms with van der Waals surface area (Å²) in [5.74, 6) is -0.503. The average molecular weight is 462 g/mol. The fourth-order valence-corrected chi connectivity index (χ4v) is 5.23. The lowest BCUT2D eigenvalue weighted by atomic mass is 9.73. The number of carbonyl (C=O) groups is 3. The molecular formula is C23H25Cl2N3O3. The van der Waals surface area contributed by atoms with Gasteiger partial charge in [-0.05, 0) is 56.9 Å². The molecule has 2 aromatic rings. The predicted molar refractivity (Wildman–Crippen MR) is 120 cm³/mol. The number of benzene rings is 1. The summed E-state index contributed by atoms with van der Waals surface area (Å²) < 4.78 is 1.91. The molecule has 2 heterocycles. The van der Waals surface area contributed by atoms with Crippen LogP contribution >= 0.6 is 23.2 Å². The minimum atomic E-state index is -0.868. The molecule has 1 aromatic heterocycles. The van der Waals surface area contributed by atoms with Gasteiger partial charge >= 0.3 is 6.03 Å². The van der Waals surface area contributed by atoms with E-state index in [1.54, 1.807) is 18.2 Å². The second-order valence-electron chi connectivity index (χ2n) is 8.58. The van der Waals surface area contributed by atoms with Gasteiger partial charge in [0.25, 0.3) is 5.91 Å². The quantitative estimate of drug-likeness (QED) is 0.509. The van der Waals surface area contributed by atoms with Crippen molar-refractivity contribution in [3.05, 3.63) is 51.3 Å². The molecule has 1 N–H and O–H groups in total. The van der Waals surface area contributed by atoms with Gasteiger partial charge in [0.05, 0.1) is 16.6 Å². The zero-order chi connectivity index (χ0) is 22.5. The fraction of sp³-hybridized carbons (Fsp3) is 0.435. The molecule has 2 atom stereocenters. The Balaban J connectivity index is 1.60. The molecule has 1 spiro atoms. The summed E-state index contributed by atoms with van der Waals surface area (Å²) in [6.45, 7) is 5.44. The van der Waals surface area contributed by atoms with Crippen LogP contribution in [0.25, 0.3) is 5.69 Å². The number of hydrogen-bond acceptors (Lipinski definition) is 3. The SMILES string of the molecule is Cc1cc(C(=O)CN2C(=O)N[C@]3(CCCC[C@H]3C)C2=O)c(C)n1-c1ccc(Cl)c(Cl)c1. The number of nitrogens with one attached hydrogen (secondary N) is 1. The Hall–Kier alpha value is -2.31. The molecule has 164 valence electrons. The van der Waals surface area contributed by atoms with Crippen molar-refractivity contribution < 1.29 is 14.4 Å². The van der Waals surface area contributed by atoms with Gasteiger partial charge in [0.1, 0.15) is 5.54 Å². The van der Waals surface area contributed by atoms with Gasteiger partial charge in [0, 0.05) is 22.6 Å². The number of amides is 3. The van der Waals surface area contributed by atoms with E-state index in [0.29, 0.717) is 27.7 Å². The predicted octanol–water partition coefficient (Wildman–Crippen LogP) is 5.08. The molecule has 8 heteroatoms. The number of aryl methyl sites for hydroxylation is 1. The Morgan fingerprint density at radius 3 is 2.58 bits per heavy atom. The summed E-state index contributed by atoms with van der Waals surface area (Å²) in [6, 6.07) is 6.57. The third-order valence-electron chi connectivity index (χ3n) is 6.70. The highest BCUT2D eigenvalue weighted by Gasteiger charge is 2.55. The molecule has 2 aliphatic rings. The van der Waals surface area contributed by atoms with Gasteiger partial charge in [-0.2, -0.15) is 0 Å². The number of hydrogen-bond donors (Lipinski definition) is 1. The summed E-state index contributed by atoms with van der Waals surface area (Å²) in [6.07, 6.45) is 3.45. The highest BCUT2D eigenvalue weighted by atomic mass is 35.5. The van der Waals surface area contributed by atoms with Gasteiger partial charge in [-0.1, -0.05) is 43.0 Å². The van der Waals surface area contributed by atoms with E-state index >= 15 is 0 Å². The Morgan fingerprint density at radius 1 is 1.16 bits per heavy atom. The van der Waals surface area contributed by atoms with Crippen LogP contribution in [-0.2, 0) is 4.79 Å². The van der Waals surface area contributed by atoms with E-state index in [-0.39, 0.29) is 24.2 Å². The average Bonchev–Trinajstić information content (AvgIpc) is 3.15. The number of halogens is 2. The number of imide groups is 1. The number of ketones is 1. The molecule has 1 aliphatic heterocycles. The van der Waals surface area contributed by atoms with Crippen LogP contribution in [0.5, 0.6) is 0 Å². The first kappa shape index (κ1) is 21.9. The fourth-order valence-electron chi connectivity index (χ4n) is 4.93. The molecule has 1 aliphatic carbocycles. The lowest BCUT2D eigenvalue weighted by Crippen LogP contribution is -2.54. The van der Waals surface area contributed by atoms with Crippen molar-refractivity contribution in [2.45, 2.75) is 52.0 Å². The molecule has 0 unspecified atom stereocenters. The van der Waals surface area contributed by atoms with E-state index in [9.17, 15) is 14.4 Å². The van der Waals surface area contributed by atoms with Crippen LogP contribution in [0.2, 0.25) is 10.0 Å². The van der Waals surface area contributed by atoms with Crippen molar-refractivity contribution in [3.63, 3.8) is 0 Å². The zero-order valence-corrected chi connectivity index (χ0v) is 19.3. The van der Waals surface area contributed by atoms with Crippen LogP contribution in [0.4, 0.5) is 4.79 Å². The standard InChI is InChI=1S/C23H25Cl2N3O3/c1-13-6-4-5-9-23(13)21(30)27(22(31)26-23)12-20(29)17-10-14(2)28(15(17)3)16-7-8-18(24)19(25)11-16/h7-8,10-11,13H,4-6,9,12H2,1-3H3,(H,26,31)/t13-,23+/m1/s1. The van der Waals surface area contributed by atoms with Crippen molar-refractivity contribution in [2.75, 3.05) is 6.54 Å². The summed E-state index contributed by atoms with van der Waals surface area (Å²) in [7, 11) is 0. The molecule has 6 nitrogen and oxygen atoms in total. The number of urea groups is 1. The van der Waals surface area contributed by atoms with Gasteiger partial charge in [-0.3, -0.25) is 14.5 Å². The third-order valence-corrected chi connectivity index (χ3v) is 7.44. The van der Waals surface area contributed by atoms with E-state index in [4.69, 9.17) is 23.2 Å². The molecular weight excluding hydrogens is 437 g/mol. The Morgan fingerprint density at radius 2 is 1.90 bits per heavy atom. The smallest absolute Gasteiger partial charge is 0.323 e. The van der Waals surface area contributed by atoms with Crippen LogP contribution in [-0.4, -0.2) is 39.3 Å². The summed E-state index contributed by atoms with van der Waals surface area (Å²) >= 11 is 12.2. The maximum atomic E-state index is 13.2. The first-order valence-corrected chi connectivity index (χ1v) is 11.2. The third kappa shape index (κ3) is 3.56. The highest BCUT2D eigenvalue weighted by Crippen LogP contribution is 2.38. The van der Waals surface area contributed by atoms with E-state index in [1.807, 2.05) is 31.4 Å². The van der Waals surface area contributed by atoms with Gasteiger partial charge in [-0.25, -0.2) is 4.79 Å². The maximum Gasteiger partial charge on any atom is 0.325 e. The van der Waals surface area contributed by atoms with E-state index < -0.39 is 11.6 Å². The van der Waals surface area contributed by atoms with E-state index in [2.05, 4.69) is 5.32 Å². The maximum absolute atomic E-state index is 13.2. The first-order chi connectivity index (χ1) is 14.7. The zero-order valence-electron chi connectivity index (χ0n) is 17.8. The number of nitrogens with zero attached hydrogens (tertiary/aromatic N) is 2. The Bertz CT molecular complexity index is 1090. The molecule has 0 radical (unpaired) electrons. The number of rotatable bonds is 4. The van der Waals surface area contributed by atoms with Crippen molar-refractivity contribution in [1.29, 1.82) is 0 Å². The molecule has 3 amide bonds. The van der Waals surface area contributed by atoms with Crippen LogP contribution in [0.15, 0.2) is 24.3 Å². The lowest BCUT2D eigenvalue weighted by Gasteiger charge is -2.36. The van der Waals surface area contributed by atoms with Gasteiger partial charge < -0.3 is 9.88 Å². The van der Waals surface area contributed by atoms with Crippen LogP contribution in [0, 0.1) is 19.8 Å². The van der Waals surface area contributed by atoms with Crippen LogP contribution in [0.3, 0.4) is 0 Å². The topological polar surface area (TPSA) is 71.4 Å². The molecule has 1 aromatic carbocycles. The molecule has 0 bridgehead atoms. The monoisotopic (exact) mass is 461 g/mol. The molecule has 31 heavy (non-hydrogen) atoms. The second kappa shape index (κ2) is 7.99. The number of aromatic nitrogens is 1. The van der Waals surface area contributed by atoms with Gasteiger partial charge in [0.15, 0.2) is 5.78 Å². The van der Waals surface area contributed by atoms with Crippen molar-refractivity contribution in [1.82, 2.24) is 14.8 Å². The van der Waals surface area contributed by atoms with Crippen molar-refractivity contribution in [3.8, 4) is 5.69 Å². The summed E-state index contributed by atoms with van der Waals surface area (Å²) in [4.78, 5) is 40.0. The molecule has 1 saturated carbocycles. The van der Waals surface area contributed by atoms with Crippen molar-refractivity contribution in [2.24, 2.45) is 5.92 Å². The molecule has 1 saturated heterocycles. The largest absolute Gasteiger partial charge is 0.325 e. The van der Waals surface area contributed by atoms with E-state index in [1.165, 1.54) is 0 Å². The minimum absolute atomic E-state index is 0.0533. The highest BCUT2D eigenvalue weighted by molar-refractivity contribution is 6.42. The summed E-state index contributed by atoms with van der Waals surface area (Å²) in [5.41, 5.74) is 1.95. The number of carbonyl (C=O) groups excluding carboxylic acids is 3. The normalized spacial score (nSPS) is 23.5. The lowest BCUT2D eigenvalue weighted by molar-refractivity contribution is -0.133. The molecule has 4 rings (SSSR count). The van der Waals surface area contributed by atoms with Crippen LogP contribution < -0.4 is 5.32 Å². The van der Waals surface area contributed by atoms with Gasteiger partial charge in [-0.15, -0.1) is 0 Å². The number of Topliss-reactive ketones (excluding diaryl/α,β-unsaturated/α-hetero) is 1. The van der Waals surface area contributed by atoms with Gasteiger partial charge in [0.2, 0.25) is 0 Å². The second-order valence-corrected chi connectivity index (χ2v) is 9.40. The summed E-state index contributed by atoms with van der Waals surface area (Å²) in [5, 5.41) is 3.77. The van der Waals surface area contributed by atoms with E-state index in [0.717, 1.165) is 35.5 Å².